The van der Waals surface area contributed by atoms with Crippen LogP contribution in [-0.2, 0) is 0 Å². The number of rotatable bonds is 3. The Kier molecular flexibility index (Phi) is 4.90. The van der Waals surface area contributed by atoms with Crippen molar-refractivity contribution in [3.8, 4) is 11.4 Å². The smallest absolute Gasteiger partial charge is 0.253 e. The molecule has 0 atom stereocenters. The molecule has 1 fully saturated rings. The lowest BCUT2D eigenvalue weighted by Crippen LogP contribution is -2.38. The van der Waals surface area contributed by atoms with Gasteiger partial charge in [-0.1, -0.05) is 35.0 Å². The van der Waals surface area contributed by atoms with Gasteiger partial charge in [-0.15, -0.1) is 0 Å². The van der Waals surface area contributed by atoms with Gasteiger partial charge in [-0.25, -0.2) is 4.39 Å². The quantitative estimate of drug-likeness (QED) is 0.663. The molecule has 4 rings (SSSR count). The molecule has 1 saturated heterocycles. The van der Waals surface area contributed by atoms with E-state index in [4.69, 9.17) is 16.1 Å². The molecule has 138 valence electrons. The van der Waals surface area contributed by atoms with E-state index in [1.807, 2.05) is 12.1 Å². The summed E-state index contributed by atoms with van der Waals surface area (Å²) in [6, 6.07) is 13.1. The van der Waals surface area contributed by atoms with E-state index in [1.165, 1.54) is 12.1 Å². The highest BCUT2D eigenvalue weighted by Crippen LogP contribution is 2.29. The fourth-order valence-corrected chi connectivity index (χ4v) is 3.47. The van der Waals surface area contributed by atoms with E-state index >= 15 is 0 Å². The third kappa shape index (κ3) is 3.85. The number of piperidine rings is 1. The fourth-order valence-electron chi connectivity index (χ4n) is 3.28. The Balaban J connectivity index is 1.42. The zero-order valence-corrected chi connectivity index (χ0v) is 15.2. The van der Waals surface area contributed by atoms with Crippen LogP contribution in [0.1, 0.15) is 35.0 Å². The molecule has 0 spiro atoms. The number of carbonyl (C=O) groups is 1. The first-order valence-electron chi connectivity index (χ1n) is 8.74. The molecule has 7 heteroatoms. The summed E-state index contributed by atoms with van der Waals surface area (Å²) < 4.78 is 18.8. The van der Waals surface area contributed by atoms with Crippen LogP contribution in [0, 0.1) is 5.82 Å². The van der Waals surface area contributed by atoms with Gasteiger partial charge in [0.15, 0.2) is 0 Å². The van der Waals surface area contributed by atoms with Gasteiger partial charge in [0.1, 0.15) is 5.82 Å². The molecule has 0 bridgehead atoms. The number of nitrogens with zero attached hydrogens (tertiary/aromatic N) is 3. The van der Waals surface area contributed by atoms with Crippen molar-refractivity contribution in [1.82, 2.24) is 15.0 Å². The number of hydrogen-bond donors (Lipinski definition) is 0. The fraction of sp³-hybridized carbons (Fsp3) is 0.250. The van der Waals surface area contributed by atoms with Crippen molar-refractivity contribution in [2.45, 2.75) is 18.8 Å². The van der Waals surface area contributed by atoms with Gasteiger partial charge in [-0.3, -0.25) is 4.79 Å². The number of likely N-dealkylation sites (tertiary alicyclic amines) is 1. The Morgan fingerprint density at radius 1 is 1.15 bits per heavy atom. The summed E-state index contributed by atoms with van der Waals surface area (Å²) >= 11 is 6.01. The molecule has 0 unspecified atom stereocenters. The first kappa shape index (κ1) is 17.7. The Morgan fingerprint density at radius 3 is 2.67 bits per heavy atom. The van der Waals surface area contributed by atoms with Gasteiger partial charge in [-0.05, 0) is 43.2 Å². The Morgan fingerprint density at radius 2 is 1.93 bits per heavy atom. The third-order valence-corrected chi connectivity index (χ3v) is 4.96. The lowest BCUT2D eigenvalue weighted by atomic mass is 9.96. The zero-order chi connectivity index (χ0) is 18.8. The van der Waals surface area contributed by atoms with Crippen molar-refractivity contribution in [2.75, 3.05) is 13.1 Å². The van der Waals surface area contributed by atoms with Gasteiger partial charge in [0, 0.05) is 35.2 Å². The molecule has 27 heavy (non-hydrogen) atoms. The Labute approximate surface area is 160 Å². The number of aromatic nitrogens is 2. The van der Waals surface area contributed by atoms with Crippen LogP contribution in [0.25, 0.3) is 11.4 Å². The van der Waals surface area contributed by atoms with E-state index < -0.39 is 5.82 Å². The lowest BCUT2D eigenvalue weighted by Gasteiger charge is -2.30. The summed E-state index contributed by atoms with van der Waals surface area (Å²) in [5, 5.41) is 4.66. The molecule has 2 aromatic carbocycles. The number of amides is 1. The molecular weight excluding hydrogens is 369 g/mol. The molecule has 2 heterocycles. The maximum atomic E-state index is 13.3. The van der Waals surface area contributed by atoms with Crippen molar-refractivity contribution in [3.05, 3.63) is 70.8 Å². The van der Waals surface area contributed by atoms with E-state index in [9.17, 15) is 9.18 Å². The summed E-state index contributed by atoms with van der Waals surface area (Å²) in [7, 11) is 0. The van der Waals surface area contributed by atoms with Gasteiger partial charge in [0.2, 0.25) is 11.7 Å². The number of hydrogen-bond acceptors (Lipinski definition) is 4. The average molecular weight is 386 g/mol. The first-order chi connectivity index (χ1) is 13.1. The Bertz CT molecular complexity index is 967. The second-order valence-electron chi connectivity index (χ2n) is 6.54. The van der Waals surface area contributed by atoms with E-state index in [0.29, 0.717) is 35.4 Å². The number of halogens is 2. The summed E-state index contributed by atoms with van der Waals surface area (Å²) in [5.74, 6) is 0.615. The summed E-state index contributed by atoms with van der Waals surface area (Å²) in [5.41, 5.74) is 1.17. The van der Waals surface area contributed by atoms with Crippen LogP contribution < -0.4 is 0 Å². The molecule has 1 amide bonds. The van der Waals surface area contributed by atoms with Crippen molar-refractivity contribution >= 4 is 17.5 Å². The zero-order valence-electron chi connectivity index (χ0n) is 14.4. The summed E-state index contributed by atoms with van der Waals surface area (Å²) in [4.78, 5) is 18.7. The third-order valence-electron chi connectivity index (χ3n) is 4.73. The highest BCUT2D eigenvalue weighted by atomic mass is 35.5. The minimum atomic E-state index is -0.407. The monoisotopic (exact) mass is 385 g/mol. The van der Waals surface area contributed by atoms with Crippen molar-refractivity contribution in [3.63, 3.8) is 0 Å². The largest absolute Gasteiger partial charge is 0.339 e. The van der Waals surface area contributed by atoms with Crippen LogP contribution in [0.3, 0.4) is 0 Å². The normalized spacial score (nSPS) is 15.1. The summed E-state index contributed by atoms with van der Waals surface area (Å²) in [6.45, 7) is 1.13. The average Bonchev–Trinajstić information content (AvgIpc) is 3.18. The predicted molar refractivity (Wildman–Crippen MR) is 99.0 cm³/mol. The molecule has 0 aliphatic carbocycles. The maximum absolute atomic E-state index is 13.3. The standard InChI is InChI=1S/C20H17ClFN3O2/c21-16-5-1-3-14(11-16)18-23-19(27-24-18)13-7-9-25(10-8-13)20(26)15-4-2-6-17(22)12-15/h1-6,11-13H,7-10H2. The van der Waals surface area contributed by atoms with E-state index in [0.717, 1.165) is 18.4 Å². The molecule has 0 radical (unpaired) electrons. The van der Waals surface area contributed by atoms with Crippen LogP contribution in [0.2, 0.25) is 5.02 Å². The van der Waals surface area contributed by atoms with Crippen LogP contribution in [0.5, 0.6) is 0 Å². The van der Waals surface area contributed by atoms with Crippen molar-refractivity contribution in [1.29, 1.82) is 0 Å². The topological polar surface area (TPSA) is 59.2 Å². The predicted octanol–water partition coefficient (Wildman–Crippen LogP) is 4.55. The lowest BCUT2D eigenvalue weighted by molar-refractivity contribution is 0.0704. The van der Waals surface area contributed by atoms with Gasteiger partial charge in [0.05, 0.1) is 0 Å². The molecule has 0 N–H and O–H groups in total. The SMILES string of the molecule is O=C(c1cccc(F)c1)N1CCC(c2nc(-c3cccc(Cl)c3)no2)CC1. The molecule has 1 aliphatic heterocycles. The minimum absolute atomic E-state index is 0.0991. The van der Waals surface area contributed by atoms with Crippen molar-refractivity contribution < 1.29 is 13.7 Å². The van der Waals surface area contributed by atoms with E-state index in [-0.39, 0.29) is 11.8 Å². The minimum Gasteiger partial charge on any atom is -0.339 e. The van der Waals surface area contributed by atoms with E-state index in [1.54, 1.807) is 29.2 Å². The molecule has 1 aliphatic rings. The highest BCUT2D eigenvalue weighted by Gasteiger charge is 2.28. The molecule has 1 aromatic heterocycles. The molecule has 3 aromatic rings. The molecule has 5 nitrogen and oxygen atoms in total. The van der Waals surface area contributed by atoms with Gasteiger partial charge in [0.25, 0.3) is 5.91 Å². The number of carbonyl (C=O) groups excluding carboxylic acids is 1. The van der Waals surface area contributed by atoms with Gasteiger partial charge in [-0.2, -0.15) is 4.98 Å². The van der Waals surface area contributed by atoms with Crippen molar-refractivity contribution in [2.24, 2.45) is 0 Å². The van der Waals surface area contributed by atoms with Crippen LogP contribution in [0.15, 0.2) is 53.1 Å². The van der Waals surface area contributed by atoms with Gasteiger partial charge >= 0.3 is 0 Å². The Hall–Kier alpha value is -2.73. The highest BCUT2D eigenvalue weighted by molar-refractivity contribution is 6.30. The number of benzene rings is 2. The van der Waals surface area contributed by atoms with Crippen LogP contribution in [-0.4, -0.2) is 34.0 Å². The second-order valence-corrected chi connectivity index (χ2v) is 6.98. The summed E-state index contributed by atoms with van der Waals surface area (Å²) in [6.07, 6.45) is 1.44. The van der Waals surface area contributed by atoms with Crippen LogP contribution in [0.4, 0.5) is 4.39 Å². The van der Waals surface area contributed by atoms with Crippen LogP contribution >= 0.6 is 11.6 Å². The van der Waals surface area contributed by atoms with Gasteiger partial charge < -0.3 is 9.42 Å². The molecule has 0 saturated carbocycles. The maximum Gasteiger partial charge on any atom is 0.253 e. The first-order valence-corrected chi connectivity index (χ1v) is 9.12. The molecular formula is C20H17ClFN3O2. The van der Waals surface area contributed by atoms with E-state index in [2.05, 4.69) is 10.1 Å². The second kappa shape index (κ2) is 7.48.